The standard InChI is InChI=1S/C29H32F3N3O3/c1-18(2)35-16-25(26(17-35)29(30,31)32)27(37)33-23-8-4-21(5-9-23)22-12-14-34(15-13-22)28(38)19(3)20-6-10-24(36)11-7-20/h4-11,16-19,22,36H,12-15H2,1-3H3,(H,33,37). The van der Waals surface area contributed by atoms with Gasteiger partial charge in [0.15, 0.2) is 0 Å². The van der Waals surface area contributed by atoms with Crippen LogP contribution < -0.4 is 5.32 Å². The predicted molar refractivity (Wildman–Crippen MR) is 139 cm³/mol. The van der Waals surface area contributed by atoms with E-state index in [-0.39, 0.29) is 29.5 Å². The maximum atomic E-state index is 13.5. The van der Waals surface area contributed by atoms with Crippen molar-refractivity contribution in [3.63, 3.8) is 0 Å². The van der Waals surface area contributed by atoms with E-state index in [1.807, 2.05) is 24.0 Å². The summed E-state index contributed by atoms with van der Waals surface area (Å²) in [5.41, 5.74) is 0.967. The third-order valence-electron chi connectivity index (χ3n) is 7.20. The number of halogens is 3. The molecular weight excluding hydrogens is 495 g/mol. The van der Waals surface area contributed by atoms with Gasteiger partial charge in [-0.3, -0.25) is 9.59 Å². The second-order valence-corrected chi connectivity index (χ2v) is 10.1. The number of benzene rings is 2. The Morgan fingerprint density at radius 1 is 0.947 bits per heavy atom. The van der Waals surface area contributed by atoms with Crippen LogP contribution in [0.4, 0.5) is 18.9 Å². The number of nitrogens with one attached hydrogen (secondary N) is 1. The van der Waals surface area contributed by atoms with Gasteiger partial charge in [0.25, 0.3) is 5.91 Å². The first-order valence-corrected chi connectivity index (χ1v) is 12.7. The molecule has 2 N–H and O–H groups in total. The highest BCUT2D eigenvalue weighted by molar-refractivity contribution is 6.05. The Hall–Kier alpha value is -3.75. The average Bonchev–Trinajstić information content (AvgIpc) is 3.36. The fourth-order valence-corrected chi connectivity index (χ4v) is 4.83. The molecule has 6 nitrogen and oxygen atoms in total. The van der Waals surface area contributed by atoms with Gasteiger partial charge in [0.1, 0.15) is 5.75 Å². The van der Waals surface area contributed by atoms with E-state index in [0.29, 0.717) is 18.8 Å². The Morgan fingerprint density at radius 2 is 1.55 bits per heavy atom. The van der Waals surface area contributed by atoms with Gasteiger partial charge in [0, 0.05) is 37.2 Å². The summed E-state index contributed by atoms with van der Waals surface area (Å²) in [4.78, 5) is 27.5. The zero-order valence-corrected chi connectivity index (χ0v) is 21.6. The lowest BCUT2D eigenvalue weighted by Crippen LogP contribution is -2.40. The van der Waals surface area contributed by atoms with Crippen molar-refractivity contribution >= 4 is 17.5 Å². The largest absolute Gasteiger partial charge is 0.508 e. The van der Waals surface area contributed by atoms with E-state index >= 15 is 0 Å². The third-order valence-corrected chi connectivity index (χ3v) is 7.20. The highest BCUT2D eigenvalue weighted by Gasteiger charge is 2.37. The van der Waals surface area contributed by atoms with E-state index in [1.165, 1.54) is 10.8 Å². The van der Waals surface area contributed by atoms with E-state index in [0.717, 1.165) is 30.2 Å². The molecule has 9 heteroatoms. The summed E-state index contributed by atoms with van der Waals surface area (Å²) in [6.45, 7) is 6.60. The molecule has 1 fully saturated rings. The Bertz CT molecular complexity index is 1270. The maximum absolute atomic E-state index is 13.5. The summed E-state index contributed by atoms with van der Waals surface area (Å²) in [7, 11) is 0. The molecule has 1 aliphatic rings. The van der Waals surface area contributed by atoms with E-state index < -0.39 is 23.2 Å². The number of anilines is 1. The van der Waals surface area contributed by atoms with Crippen molar-refractivity contribution in [1.82, 2.24) is 9.47 Å². The minimum atomic E-state index is -4.63. The second kappa shape index (κ2) is 10.9. The number of hydrogen-bond donors (Lipinski definition) is 2. The smallest absolute Gasteiger partial charge is 0.418 e. The van der Waals surface area contributed by atoms with Crippen LogP contribution in [0, 0.1) is 0 Å². The van der Waals surface area contributed by atoms with Gasteiger partial charge in [-0.1, -0.05) is 24.3 Å². The number of nitrogens with zero attached hydrogens (tertiary/aromatic N) is 2. The third kappa shape index (κ3) is 6.03. The zero-order chi connectivity index (χ0) is 27.6. The molecular formula is C29H32F3N3O3. The van der Waals surface area contributed by atoms with Gasteiger partial charge in [0.05, 0.1) is 17.0 Å². The fourth-order valence-electron chi connectivity index (χ4n) is 4.83. The quantitative estimate of drug-likeness (QED) is 0.382. The first kappa shape index (κ1) is 27.3. The summed E-state index contributed by atoms with van der Waals surface area (Å²) in [5, 5.41) is 12.1. The summed E-state index contributed by atoms with van der Waals surface area (Å²) in [5.74, 6) is -0.651. The molecule has 38 heavy (non-hydrogen) atoms. The minimum Gasteiger partial charge on any atom is -0.508 e. The van der Waals surface area contributed by atoms with Crippen LogP contribution in [0.25, 0.3) is 0 Å². The molecule has 0 radical (unpaired) electrons. The number of piperidine rings is 1. The molecule has 2 aromatic carbocycles. The van der Waals surface area contributed by atoms with E-state index in [1.54, 1.807) is 50.2 Å². The number of carbonyl (C=O) groups is 2. The highest BCUT2D eigenvalue weighted by atomic mass is 19.4. The number of aromatic nitrogens is 1. The fraction of sp³-hybridized carbons (Fsp3) is 0.379. The molecule has 1 aromatic heterocycles. The molecule has 0 aliphatic carbocycles. The molecule has 3 aromatic rings. The number of phenols is 1. The first-order chi connectivity index (χ1) is 17.9. The summed E-state index contributed by atoms with van der Waals surface area (Å²) in [6, 6.07) is 13.6. The predicted octanol–water partition coefficient (Wildman–Crippen LogP) is 6.56. The molecule has 0 spiro atoms. The molecule has 0 saturated carbocycles. The van der Waals surface area contributed by atoms with Crippen molar-refractivity contribution < 1.29 is 27.9 Å². The van der Waals surface area contributed by atoms with E-state index in [9.17, 15) is 27.9 Å². The molecule has 202 valence electrons. The number of aromatic hydroxyl groups is 1. The van der Waals surface area contributed by atoms with Crippen molar-refractivity contribution in [3.05, 3.63) is 83.2 Å². The number of hydrogen-bond acceptors (Lipinski definition) is 3. The Kier molecular flexibility index (Phi) is 7.85. The van der Waals surface area contributed by atoms with Gasteiger partial charge >= 0.3 is 6.18 Å². The number of carbonyl (C=O) groups excluding carboxylic acids is 2. The topological polar surface area (TPSA) is 74.6 Å². The van der Waals surface area contributed by atoms with Crippen LogP contribution in [-0.4, -0.2) is 39.5 Å². The number of rotatable bonds is 6. The average molecular weight is 528 g/mol. The van der Waals surface area contributed by atoms with Crippen LogP contribution in [-0.2, 0) is 11.0 Å². The van der Waals surface area contributed by atoms with Crippen molar-refractivity contribution in [2.75, 3.05) is 18.4 Å². The Morgan fingerprint density at radius 3 is 2.11 bits per heavy atom. The Labute approximate surface area is 220 Å². The number of alkyl halides is 3. The first-order valence-electron chi connectivity index (χ1n) is 12.7. The number of amides is 2. The van der Waals surface area contributed by atoms with Crippen LogP contribution in [0.15, 0.2) is 60.9 Å². The van der Waals surface area contributed by atoms with Gasteiger partial charge in [-0.05, 0) is 74.9 Å². The second-order valence-electron chi connectivity index (χ2n) is 10.1. The van der Waals surface area contributed by atoms with Gasteiger partial charge in [0.2, 0.25) is 5.91 Å². The van der Waals surface area contributed by atoms with E-state index in [4.69, 9.17) is 0 Å². The lowest BCUT2D eigenvalue weighted by atomic mass is 9.88. The normalized spacial score (nSPS) is 15.5. The molecule has 1 atom stereocenters. The molecule has 1 aliphatic heterocycles. The van der Waals surface area contributed by atoms with Gasteiger partial charge in [-0.15, -0.1) is 0 Å². The molecule has 2 heterocycles. The summed E-state index contributed by atoms with van der Waals surface area (Å²) in [6.07, 6.45) is -0.858. The highest BCUT2D eigenvalue weighted by Crippen LogP contribution is 2.34. The molecule has 0 bridgehead atoms. The van der Waals surface area contributed by atoms with Crippen LogP contribution in [0.3, 0.4) is 0 Å². The monoisotopic (exact) mass is 527 g/mol. The number of likely N-dealkylation sites (tertiary alicyclic amines) is 1. The van der Waals surface area contributed by atoms with Crippen LogP contribution >= 0.6 is 0 Å². The molecule has 1 unspecified atom stereocenters. The Balaban J connectivity index is 1.36. The SMILES string of the molecule is CC(C(=O)N1CCC(c2ccc(NC(=O)c3cn(C(C)C)cc3C(F)(F)F)cc2)CC1)c1ccc(O)cc1. The van der Waals surface area contributed by atoms with Crippen molar-refractivity contribution in [2.45, 2.75) is 57.7 Å². The number of phenolic OH excluding ortho intramolecular Hbond substituents is 1. The van der Waals surface area contributed by atoms with Gasteiger partial charge in [-0.25, -0.2) is 0 Å². The van der Waals surface area contributed by atoms with Gasteiger partial charge < -0.3 is 19.9 Å². The molecule has 2 amide bonds. The van der Waals surface area contributed by atoms with Crippen molar-refractivity contribution in [2.24, 2.45) is 0 Å². The summed E-state index contributed by atoms with van der Waals surface area (Å²) >= 11 is 0. The molecule has 1 saturated heterocycles. The van der Waals surface area contributed by atoms with E-state index in [2.05, 4.69) is 5.32 Å². The zero-order valence-electron chi connectivity index (χ0n) is 21.6. The lowest BCUT2D eigenvalue weighted by Gasteiger charge is -2.34. The van der Waals surface area contributed by atoms with Crippen LogP contribution in [0.2, 0.25) is 0 Å². The molecule has 4 rings (SSSR count). The van der Waals surface area contributed by atoms with Crippen molar-refractivity contribution in [3.8, 4) is 5.75 Å². The van der Waals surface area contributed by atoms with Crippen LogP contribution in [0.1, 0.15) is 78.5 Å². The van der Waals surface area contributed by atoms with Crippen molar-refractivity contribution in [1.29, 1.82) is 0 Å². The van der Waals surface area contributed by atoms with Gasteiger partial charge in [-0.2, -0.15) is 13.2 Å². The minimum absolute atomic E-state index is 0.0525. The van der Waals surface area contributed by atoms with Crippen LogP contribution in [0.5, 0.6) is 5.75 Å². The summed E-state index contributed by atoms with van der Waals surface area (Å²) < 4.78 is 41.8. The maximum Gasteiger partial charge on any atom is 0.418 e. The lowest BCUT2D eigenvalue weighted by molar-refractivity contribution is -0.138.